The molecule has 1 aliphatic heterocycles. The van der Waals surface area contributed by atoms with Crippen LogP contribution in [0.5, 0.6) is 0 Å². The van der Waals surface area contributed by atoms with E-state index in [1.54, 1.807) is 7.11 Å². The van der Waals surface area contributed by atoms with Gasteiger partial charge in [0.1, 0.15) is 0 Å². The van der Waals surface area contributed by atoms with Crippen LogP contribution in [0.1, 0.15) is 29.3 Å². The number of anilines is 1. The zero-order chi connectivity index (χ0) is 14.7. The molecular formula is C15H23N3O2. The predicted molar refractivity (Wildman–Crippen MR) is 79.5 cm³/mol. The van der Waals surface area contributed by atoms with Crippen LogP contribution in [-0.2, 0) is 4.74 Å². The van der Waals surface area contributed by atoms with E-state index in [0.717, 1.165) is 18.5 Å². The standard InChI is InChI=1S/C15H23N3O2/c1-10-4-5-12(13(8-10)17-16)15(19)18-7-6-11(2)14(9-18)20-3/h4-5,8,11,14,17H,6-7,9,16H2,1-3H3. The van der Waals surface area contributed by atoms with Crippen molar-refractivity contribution in [3.8, 4) is 0 Å². The number of hydrazine groups is 1. The smallest absolute Gasteiger partial charge is 0.256 e. The van der Waals surface area contributed by atoms with Crippen LogP contribution in [0.3, 0.4) is 0 Å². The molecule has 0 aromatic heterocycles. The third-order valence-electron chi connectivity index (χ3n) is 4.04. The minimum Gasteiger partial charge on any atom is -0.379 e. The Balaban J connectivity index is 2.19. The fourth-order valence-corrected chi connectivity index (χ4v) is 2.66. The van der Waals surface area contributed by atoms with Crippen LogP contribution in [0.2, 0.25) is 0 Å². The van der Waals surface area contributed by atoms with Gasteiger partial charge in [-0.3, -0.25) is 10.6 Å². The summed E-state index contributed by atoms with van der Waals surface area (Å²) >= 11 is 0. The highest BCUT2D eigenvalue weighted by Gasteiger charge is 2.30. The Labute approximate surface area is 120 Å². The molecule has 20 heavy (non-hydrogen) atoms. The highest BCUT2D eigenvalue weighted by molar-refractivity contribution is 5.99. The molecule has 1 saturated heterocycles. The maximum atomic E-state index is 12.6. The molecule has 2 rings (SSSR count). The van der Waals surface area contributed by atoms with Crippen LogP contribution in [0.25, 0.3) is 0 Å². The number of piperidine rings is 1. The van der Waals surface area contributed by atoms with Crippen molar-refractivity contribution >= 4 is 11.6 Å². The number of hydrogen-bond acceptors (Lipinski definition) is 4. The van der Waals surface area contributed by atoms with Gasteiger partial charge in [-0.2, -0.15) is 0 Å². The average Bonchev–Trinajstić information content (AvgIpc) is 2.46. The van der Waals surface area contributed by atoms with Crippen molar-refractivity contribution in [2.45, 2.75) is 26.4 Å². The van der Waals surface area contributed by atoms with Crippen LogP contribution in [0.4, 0.5) is 5.69 Å². The number of likely N-dealkylation sites (tertiary alicyclic amines) is 1. The molecule has 3 N–H and O–H groups in total. The van der Waals surface area contributed by atoms with Crippen molar-refractivity contribution in [1.29, 1.82) is 0 Å². The summed E-state index contributed by atoms with van der Waals surface area (Å²) in [6.07, 6.45) is 1.06. The number of nitrogens with two attached hydrogens (primary N) is 1. The van der Waals surface area contributed by atoms with Crippen molar-refractivity contribution in [1.82, 2.24) is 4.90 Å². The molecule has 1 aliphatic rings. The normalized spacial score (nSPS) is 22.7. The van der Waals surface area contributed by atoms with Gasteiger partial charge in [-0.15, -0.1) is 0 Å². The number of hydrogen-bond donors (Lipinski definition) is 2. The van der Waals surface area contributed by atoms with Crippen LogP contribution < -0.4 is 11.3 Å². The van der Waals surface area contributed by atoms with Crippen LogP contribution >= 0.6 is 0 Å². The summed E-state index contributed by atoms with van der Waals surface area (Å²) in [6.45, 7) is 5.53. The first kappa shape index (κ1) is 14.8. The van der Waals surface area contributed by atoms with E-state index in [1.165, 1.54) is 0 Å². The van der Waals surface area contributed by atoms with Gasteiger partial charge in [0.25, 0.3) is 5.91 Å². The van der Waals surface area contributed by atoms with Crippen LogP contribution in [0, 0.1) is 12.8 Å². The van der Waals surface area contributed by atoms with Crippen molar-refractivity contribution in [3.05, 3.63) is 29.3 Å². The van der Waals surface area contributed by atoms with E-state index in [9.17, 15) is 4.79 Å². The predicted octanol–water partition coefficient (Wildman–Crippen LogP) is 1.78. The van der Waals surface area contributed by atoms with Crippen molar-refractivity contribution in [2.75, 3.05) is 25.6 Å². The molecule has 1 aromatic carbocycles. The van der Waals surface area contributed by atoms with E-state index in [1.807, 2.05) is 30.0 Å². The largest absolute Gasteiger partial charge is 0.379 e. The maximum Gasteiger partial charge on any atom is 0.256 e. The third kappa shape index (κ3) is 2.94. The Morgan fingerprint density at radius 3 is 2.90 bits per heavy atom. The molecule has 0 radical (unpaired) electrons. The number of amides is 1. The number of benzene rings is 1. The first-order valence-electron chi connectivity index (χ1n) is 6.96. The molecular weight excluding hydrogens is 254 g/mol. The monoisotopic (exact) mass is 277 g/mol. The van der Waals surface area contributed by atoms with Gasteiger partial charge in [0.2, 0.25) is 0 Å². The number of aryl methyl sites for hydroxylation is 1. The summed E-state index contributed by atoms with van der Waals surface area (Å²) in [7, 11) is 1.70. The highest BCUT2D eigenvalue weighted by atomic mass is 16.5. The maximum absolute atomic E-state index is 12.6. The first-order chi connectivity index (χ1) is 9.56. The minimum absolute atomic E-state index is 0.00639. The summed E-state index contributed by atoms with van der Waals surface area (Å²) < 4.78 is 5.46. The Bertz CT molecular complexity index is 490. The molecule has 0 aliphatic carbocycles. The molecule has 2 atom stereocenters. The Morgan fingerprint density at radius 1 is 1.50 bits per heavy atom. The number of nitrogen functional groups attached to an aromatic ring is 1. The fourth-order valence-electron chi connectivity index (χ4n) is 2.66. The molecule has 5 nitrogen and oxygen atoms in total. The lowest BCUT2D eigenvalue weighted by atomic mass is 9.95. The number of ether oxygens (including phenoxy) is 1. The zero-order valence-electron chi connectivity index (χ0n) is 12.3. The number of methoxy groups -OCH3 is 1. The molecule has 110 valence electrons. The molecule has 1 amide bonds. The summed E-state index contributed by atoms with van der Waals surface area (Å²) in [5.74, 6) is 6.00. The quantitative estimate of drug-likeness (QED) is 0.653. The molecule has 1 aromatic rings. The summed E-state index contributed by atoms with van der Waals surface area (Å²) in [4.78, 5) is 14.5. The van der Waals surface area contributed by atoms with Gasteiger partial charge in [0.15, 0.2) is 0 Å². The highest BCUT2D eigenvalue weighted by Crippen LogP contribution is 2.24. The van der Waals surface area contributed by atoms with Crippen molar-refractivity contribution < 1.29 is 9.53 Å². The number of rotatable bonds is 3. The lowest BCUT2D eigenvalue weighted by molar-refractivity contribution is -0.00153. The minimum atomic E-state index is 0.00639. The van der Waals surface area contributed by atoms with Crippen LogP contribution in [-0.4, -0.2) is 37.1 Å². The van der Waals surface area contributed by atoms with Crippen molar-refractivity contribution in [3.63, 3.8) is 0 Å². The van der Waals surface area contributed by atoms with E-state index in [2.05, 4.69) is 12.3 Å². The van der Waals surface area contributed by atoms with Gasteiger partial charge in [-0.05, 0) is 37.0 Å². The van der Waals surface area contributed by atoms with Gasteiger partial charge >= 0.3 is 0 Å². The lowest BCUT2D eigenvalue weighted by Gasteiger charge is -2.36. The Morgan fingerprint density at radius 2 is 2.25 bits per heavy atom. The molecule has 1 fully saturated rings. The fraction of sp³-hybridized carbons (Fsp3) is 0.533. The SMILES string of the molecule is COC1CN(C(=O)c2ccc(C)cc2NN)CCC1C. The second kappa shape index (κ2) is 6.24. The molecule has 0 spiro atoms. The second-order valence-corrected chi connectivity index (χ2v) is 5.48. The van der Waals surface area contributed by atoms with Gasteiger partial charge in [-0.25, -0.2) is 0 Å². The van der Waals surface area contributed by atoms with Crippen molar-refractivity contribution in [2.24, 2.45) is 11.8 Å². The van der Waals surface area contributed by atoms with E-state index >= 15 is 0 Å². The second-order valence-electron chi connectivity index (χ2n) is 5.48. The molecule has 0 saturated carbocycles. The van der Waals surface area contributed by atoms with E-state index in [4.69, 9.17) is 10.6 Å². The van der Waals surface area contributed by atoms with E-state index in [0.29, 0.717) is 23.7 Å². The number of carbonyl (C=O) groups is 1. The molecule has 5 heteroatoms. The Hall–Kier alpha value is -1.59. The molecule has 1 heterocycles. The lowest BCUT2D eigenvalue weighted by Crippen LogP contribution is -2.46. The zero-order valence-corrected chi connectivity index (χ0v) is 12.3. The van der Waals surface area contributed by atoms with Crippen LogP contribution in [0.15, 0.2) is 18.2 Å². The molecule has 2 unspecified atom stereocenters. The summed E-state index contributed by atoms with van der Waals surface area (Å²) in [5, 5.41) is 0. The molecule has 0 bridgehead atoms. The first-order valence-corrected chi connectivity index (χ1v) is 6.96. The number of carbonyl (C=O) groups excluding carboxylic acids is 1. The van der Waals surface area contributed by atoms with Gasteiger partial charge in [-0.1, -0.05) is 13.0 Å². The van der Waals surface area contributed by atoms with Gasteiger partial charge < -0.3 is 15.1 Å². The van der Waals surface area contributed by atoms with Gasteiger partial charge in [0, 0.05) is 20.2 Å². The summed E-state index contributed by atoms with van der Waals surface area (Å²) in [5.41, 5.74) is 4.96. The van der Waals surface area contributed by atoms with Gasteiger partial charge in [0.05, 0.1) is 17.4 Å². The third-order valence-corrected chi connectivity index (χ3v) is 4.04. The van der Waals surface area contributed by atoms with E-state index < -0.39 is 0 Å². The Kier molecular flexibility index (Phi) is 4.62. The number of nitrogens with zero attached hydrogens (tertiary/aromatic N) is 1. The number of nitrogens with one attached hydrogen (secondary N) is 1. The van der Waals surface area contributed by atoms with E-state index in [-0.39, 0.29) is 12.0 Å². The summed E-state index contributed by atoms with van der Waals surface area (Å²) in [6, 6.07) is 5.63. The average molecular weight is 277 g/mol. The topological polar surface area (TPSA) is 67.6 Å².